The molecular formula is C28H34SiZr. The van der Waals surface area contributed by atoms with E-state index >= 15 is 0 Å². The molecule has 0 amide bonds. The molecule has 0 bridgehead atoms. The first kappa shape index (κ1) is 24.8. The number of fused-ring (bicyclic) bond motifs is 1. The van der Waals surface area contributed by atoms with Gasteiger partial charge in [0, 0.05) is 0 Å². The summed E-state index contributed by atoms with van der Waals surface area (Å²) in [5.41, 5.74) is 11.3. The Balaban J connectivity index is 0.000000207. The summed E-state index contributed by atoms with van der Waals surface area (Å²) in [7, 11) is 0. The monoisotopic (exact) mass is 488 g/mol. The second-order valence-electron chi connectivity index (χ2n) is 8.41. The van der Waals surface area contributed by atoms with Crippen molar-refractivity contribution in [3.63, 3.8) is 0 Å². The molecule has 0 N–H and O–H groups in total. The minimum absolute atomic E-state index is 0.210. The van der Waals surface area contributed by atoms with Gasteiger partial charge in [-0.15, -0.1) is 46.7 Å². The van der Waals surface area contributed by atoms with E-state index < -0.39 is 0 Å². The molecule has 4 aromatic rings. The summed E-state index contributed by atoms with van der Waals surface area (Å²) in [6.45, 7) is 17.6. The molecule has 0 spiro atoms. The van der Waals surface area contributed by atoms with Gasteiger partial charge < -0.3 is 0 Å². The Bertz CT molecular complexity index is 1110. The molecule has 0 saturated heterocycles. The predicted octanol–water partition coefficient (Wildman–Crippen LogP) is 8.27. The minimum atomic E-state index is 0.210. The van der Waals surface area contributed by atoms with Crippen molar-refractivity contribution in [3.8, 4) is 11.1 Å². The molecule has 4 aromatic carbocycles. The summed E-state index contributed by atoms with van der Waals surface area (Å²) in [6.07, 6.45) is 0. The van der Waals surface area contributed by atoms with Crippen LogP contribution < -0.4 is 0 Å². The zero-order valence-electron chi connectivity index (χ0n) is 19.8. The van der Waals surface area contributed by atoms with Crippen LogP contribution in [0.3, 0.4) is 0 Å². The molecule has 0 unspecified atom stereocenters. The first-order chi connectivity index (χ1) is 14.1. The van der Waals surface area contributed by atoms with Crippen molar-refractivity contribution < 1.29 is 23.3 Å². The molecule has 0 aliphatic heterocycles. The molecule has 30 heavy (non-hydrogen) atoms. The van der Waals surface area contributed by atoms with Crippen LogP contribution in [0.4, 0.5) is 0 Å². The molecule has 0 aromatic heterocycles. The molecule has 4 rings (SSSR count). The molecule has 0 heterocycles. The Labute approximate surface area is 198 Å². The van der Waals surface area contributed by atoms with Gasteiger partial charge in [0.1, 0.15) is 0 Å². The molecule has 0 aliphatic rings. The van der Waals surface area contributed by atoms with Crippen LogP contribution in [0.25, 0.3) is 21.9 Å². The first-order valence-corrected chi connectivity index (χ1v) is 16.7. The van der Waals surface area contributed by atoms with Gasteiger partial charge in [-0.25, -0.2) is 0 Å². The van der Waals surface area contributed by atoms with Crippen LogP contribution in [0.5, 0.6) is 0 Å². The van der Waals surface area contributed by atoms with Crippen molar-refractivity contribution in [1.82, 2.24) is 0 Å². The van der Waals surface area contributed by atoms with Crippen LogP contribution in [-0.2, 0) is 23.3 Å². The van der Waals surface area contributed by atoms with Crippen molar-refractivity contribution in [2.75, 3.05) is 0 Å². The van der Waals surface area contributed by atoms with E-state index in [1.807, 2.05) is 0 Å². The third-order valence-corrected chi connectivity index (χ3v) is 5.53. The van der Waals surface area contributed by atoms with E-state index in [0.29, 0.717) is 0 Å². The molecule has 0 aliphatic carbocycles. The zero-order valence-corrected chi connectivity index (χ0v) is 23.2. The summed E-state index contributed by atoms with van der Waals surface area (Å²) >= 11 is 1.74. The summed E-state index contributed by atoms with van der Waals surface area (Å²) in [5.74, 6) is 0. The molecule has 2 heteroatoms. The summed E-state index contributed by atoms with van der Waals surface area (Å²) < 4.78 is 0. The van der Waals surface area contributed by atoms with E-state index in [0.717, 1.165) is 0 Å². The second kappa shape index (κ2) is 11.2. The minimum Gasteiger partial charge on any atom is -0.196 e. The summed E-state index contributed by atoms with van der Waals surface area (Å²) in [5, 5.41) is 2.67. The van der Waals surface area contributed by atoms with Gasteiger partial charge in [0.15, 0.2) is 0 Å². The third-order valence-electron chi connectivity index (χ3n) is 5.53. The molecule has 0 radical (unpaired) electrons. The van der Waals surface area contributed by atoms with Crippen LogP contribution in [0.1, 0.15) is 33.4 Å². The fraction of sp³-hybridized carbons (Fsp3) is 0.286. The Morgan fingerprint density at radius 3 is 1.83 bits per heavy atom. The molecular weight excluding hydrogens is 456 g/mol. The number of benzene rings is 2. The van der Waals surface area contributed by atoms with Gasteiger partial charge in [-0.2, -0.15) is 28.3 Å². The third kappa shape index (κ3) is 6.50. The quantitative estimate of drug-likeness (QED) is 0.186. The number of rotatable bonds is 1. The fourth-order valence-corrected chi connectivity index (χ4v) is 3.63. The molecule has 0 nitrogen and oxygen atoms in total. The first-order valence-electron chi connectivity index (χ1n) is 10.6. The average Bonchev–Trinajstić information content (AvgIpc) is 3.19. The molecule has 0 saturated carbocycles. The predicted molar refractivity (Wildman–Crippen MR) is 133 cm³/mol. The van der Waals surface area contributed by atoms with Crippen molar-refractivity contribution in [2.45, 2.75) is 54.6 Å². The van der Waals surface area contributed by atoms with E-state index in [2.05, 4.69) is 115 Å². The van der Waals surface area contributed by atoms with Gasteiger partial charge in [0.25, 0.3) is 0 Å². The zero-order chi connectivity index (χ0) is 22.4. The van der Waals surface area contributed by atoms with Gasteiger partial charge >= 0.3 is 41.9 Å². The van der Waals surface area contributed by atoms with Gasteiger partial charge in [-0.1, -0.05) is 68.7 Å². The van der Waals surface area contributed by atoms with Crippen LogP contribution in [0, 0.1) is 41.5 Å². The van der Waals surface area contributed by atoms with E-state index in [1.54, 1.807) is 23.3 Å². The van der Waals surface area contributed by atoms with E-state index in [4.69, 9.17) is 0 Å². The normalized spacial score (nSPS) is 10.2. The fourth-order valence-electron chi connectivity index (χ4n) is 3.63. The smallest absolute Gasteiger partial charge is 0.0398 e. The van der Waals surface area contributed by atoms with Crippen LogP contribution in [0.15, 0.2) is 60.7 Å². The van der Waals surface area contributed by atoms with Crippen LogP contribution in [-0.4, -0.2) is 5.43 Å². The van der Waals surface area contributed by atoms with Crippen molar-refractivity contribution in [2.24, 2.45) is 0 Å². The van der Waals surface area contributed by atoms with Gasteiger partial charge in [-0.3, -0.25) is 0 Å². The van der Waals surface area contributed by atoms with E-state index in [1.165, 1.54) is 55.3 Å². The topological polar surface area (TPSA) is 0 Å². The standard InChI is InChI=1S/C17H15.C9H13.C2H6Si.Zr/c1-12-7-9-15(13(2)11-12)17-10-8-14-5-3-4-6-16(14)17;1-6-5-7(2)9(4)8(6)3;1-3-2;/h3-11H,1-2H3;5H,1-4H3;1-2H3;/q2*-1;;+2. The number of hydrogen-bond donors (Lipinski definition) is 0. The average molecular weight is 490 g/mol. The molecule has 154 valence electrons. The van der Waals surface area contributed by atoms with E-state index in [-0.39, 0.29) is 5.43 Å². The van der Waals surface area contributed by atoms with Gasteiger partial charge in [0.2, 0.25) is 0 Å². The maximum absolute atomic E-state index is 2.31. The van der Waals surface area contributed by atoms with E-state index in [9.17, 15) is 0 Å². The number of hydrogen-bond acceptors (Lipinski definition) is 0. The Hall–Kier alpha value is -1.50. The maximum Gasteiger partial charge on any atom is -0.0398 e. The van der Waals surface area contributed by atoms with Crippen molar-refractivity contribution >= 4 is 16.2 Å². The Kier molecular flexibility index (Phi) is 9.26. The Morgan fingerprint density at radius 1 is 0.767 bits per heavy atom. The van der Waals surface area contributed by atoms with Crippen molar-refractivity contribution in [3.05, 3.63) is 94.0 Å². The Morgan fingerprint density at radius 2 is 1.33 bits per heavy atom. The maximum atomic E-state index is 2.31. The second-order valence-corrected chi connectivity index (χ2v) is 17.8. The molecule has 0 fully saturated rings. The van der Waals surface area contributed by atoms with Crippen LogP contribution in [0.2, 0.25) is 13.1 Å². The number of aryl methyl sites for hydroxylation is 4. The molecule has 0 atom stereocenters. The van der Waals surface area contributed by atoms with Crippen LogP contribution >= 0.6 is 0 Å². The van der Waals surface area contributed by atoms with Gasteiger partial charge in [-0.05, 0) is 13.8 Å². The largest absolute Gasteiger partial charge is 0.196 e. The summed E-state index contributed by atoms with van der Waals surface area (Å²) in [6, 6.07) is 21.9. The van der Waals surface area contributed by atoms with Gasteiger partial charge in [0.05, 0.1) is 0 Å². The summed E-state index contributed by atoms with van der Waals surface area (Å²) in [4.78, 5) is 0. The SMILES string of the molecule is C[Si](C)=[Zr+2].Cc1[cH-]c(C)c(C)c1C.Cc1ccc(-c2c[cH-]c3ccccc23)c(C)c1. The van der Waals surface area contributed by atoms with Crippen molar-refractivity contribution in [1.29, 1.82) is 0 Å².